The van der Waals surface area contributed by atoms with Crippen molar-refractivity contribution in [2.24, 2.45) is 0 Å². The van der Waals surface area contributed by atoms with Crippen molar-refractivity contribution < 1.29 is 18.3 Å². The number of ether oxygens (including phenoxy) is 1. The standard InChI is InChI=1S/C26H24FNO3/c27-21-8-6-20(7-9-21)26(11-13-30-14-12-26)17-28-24(29)15-19-16-31-23-10-5-18-3-1-2-4-22(18)25(19)23/h1-10,16H,11-15,17H2,(H,28,29). The van der Waals surface area contributed by atoms with Gasteiger partial charge in [0.15, 0.2) is 0 Å². The molecule has 1 aliphatic rings. The molecule has 0 atom stereocenters. The first kappa shape index (κ1) is 19.8. The lowest BCUT2D eigenvalue weighted by Crippen LogP contribution is -2.45. The maximum Gasteiger partial charge on any atom is 0.224 e. The molecule has 158 valence electrons. The van der Waals surface area contributed by atoms with E-state index >= 15 is 0 Å². The molecule has 5 rings (SSSR count). The van der Waals surface area contributed by atoms with Gasteiger partial charge in [0.05, 0.1) is 12.7 Å². The van der Waals surface area contributed by atoms with E-state index in [1.807, 2.05) is 36.4 Å². The third-order valence-electron chi connectivity index (χ3n) is 6.42. The van der Waals surface area contributed by atoms with Gasteiger partial charge in [-0.25, -0.2) is 4.39 Å². The van der Waals surface area contributed by atoms with Gasteiger partial charge in [0.1, 0.15) is 11.4 Å². The summed E-state index contributed by atoms with van der Waals surface area (Å²) in [6.07, 6.45) is 3.51. The van der Waals surface area contributed by atoms with E-state index in [2.05, 4.69) is 17.4 Å². The Hall–Kier alpha value is -3.18. The smallest absolute Gasteiger partial charge is 0.224 e. The molecule has 1 aromatic heterocycles. The predicted molar refractivity (Wildman–Crippen MR) is 119 cm³/mol. The van der Waals surface area contributed by atoms with Gasteiger partial charge < -0.3 is 14.5 Å². The lowest BCUT2D eigenvalue weighted by molar-refractivity contribution is -0.120. The Morgan fingerprint density at radius 2 is 1.77 bits per heavy atom. The highest BCUT2D eigenvalue weighted by atomic mass is 19.1. The Morgan fingerprint density at radius 3 is 2.58 bits per heavy atom. The molecular formula is C26H24FNO3. The first-order valence-corrected chi connectivity index (χ1v) is 10.6. The summed E-state index contributed by atoms with van der Waals surface area (Å²) >= 11 is 0. The van der Waals surface area contributed by atoms with E-state index in [0.29, 0.717) is 19.8 Å². The Morgan fingerprint density at radius 1 is 1.00 bits per heavy atom. The van der Waals surface area contributed by atoms with Crippen LogP contribution >= 0.6 is 0 Å². The van der Waals surface area contributed by atoms with Crippen molar-refractivity contribution in [3.8, 4) is 0 Å². The van der Waals surface area contributed by atoms with Crippen molar-refractivity contribution in [2.75, 3.05) is 19.8 Å². The molecule has 4 nitrogen and oxygen atoms in total. The number of nitrogens with one attached hydrogen (secondary N) is 1. The molecular weight excluding hydrogens is 393 g/mol. The van der Waals surface area contributed by atoms with E-state index in [9.17, 15) is 9.18 Å². The number of rotatable bonds is 5. The van der Waals surface area contributed by atoms with Crippen LogP contribution in [0.5, 0.6) is 0 Å². The van der Waals surface area contributed by atoms with E-state index in [0.717, 1.165) is 45.7 Å². The van der Waals surface area contributed by atoms with Gasteiger partial charge in [0.2, 0.25) is 5.91 Å². The zero-order chi connectivity index (χ0) is 21.3. The zero-order valence-corrected chi connectivity index (χ0v) is 17.2. The largest absolute Gasteiger partial charge is 0.464 e. The Kier molecular flexibility index (Phi) is 5.20. The van der Waals surface area contributed by atoms with Crippen LogP contribution in [0.3, 0.4) is 0 Å². The topological polar surface area (TPSA) is 51.5 Å². The summed E-state index contributed by atoms with van der Waals surface area (Å²) < 4.78 is 24.7. The van der Waals surface area contributed by atoms with Crippen LogP contribution < -0.4 is 5.32 Å². The molecule has 1 saturated heterocycles. The molecule has 0 radical (unpaired) electrons. The van der Waals surface area contributed by atoms with Crippen LogP contribution in [0.25, 0.3) is 21.7 Å². The minimum absolute atomic E-state index is 0.0522. The number of hydrogen-bond donors (Lipinski definition) is 1. The number of hydrogen-bond acceptors (Lipinski definition) is 3. The van der Waals surface area contributed by atoms with E-state index in [1.54, 1.807) is 6.26 Å². The third kappa shape index (κ3) is 3.81. The van der Waals surface area contributed by atoms with Gasteiger partial charge in [-0.1, -0.05) is 42.5 Å². The highest BCUT2D eigenvalue weighted by Gasteiger charge is 2.35. The number of amides is 1. The lowest BCUT2D eigenvalue weighted by atomic mass is 9.74. The van der Waals surface area contributed by atoms with Crippen LogP contribution in [0, 0.1) is 5.82 Å². The number of benzene rings is 3. The fraction of sp³-hybridized carbons (Fsp3) is 0.269. The maximum atomic E-state index is 13.4. The van der Waals surface area contributed by atoms with Crippen molar-refractivity contribution in [3.63, 3.8) is 0 Å². The van der Waals surface area contributed by atoms with Crippen LogP contribution in [0.2, 0.25) is 0 Å². The summed E-state index contributed by atoms with van der Waals surface area (Å²) in [6.45, 7) is 1.76. The van der Waals surface area contributed by atoms with Crippen molar-refractivity contribution in [1.29, 1.82) is 0 Å². The summed E-state index contributed by atoms with van der Waals surface area (Å²) in [4.78, 5) is 12.9. The number of halogens is 1. The molecule has 1 amide bonds. The normalized spacial score (nSPS) is 15.9. The van der Waals surface area contributed by atoms with Crippen LogP contribution in [0.4, 0.5) is 4.39 Å². The molecule has 0 aliphatic carbocycles. The lowest BCUT2D eigenvalue weighted by Gasteiger charge is -2.38. The van der Waals surface area contributed by atoms with Gasteiger partial charge in [0.25, 0.3) is 0 Å². The zero-order valence-electron chi connectivity index (χ0n) is 17.2. The van der Waals surface area contributed by atoms with E-state index < -0.39 is 0 Å². The van der Waals surface area contributed by atoms with Gasteiger partial charge in [-0.05, 0) is 47.4 Å². The molecule has 0 bridgehead atoms. The van der Waals surface area contributed by atoms with E-state index in [4.69, 9.17) is 9.15 Å². The summed E-state index contributed by atoms with van der Waals surface area (Å²) in [7, 11) is 0. The fourth-order valence-corrected chi connectivity index (χ4v) is 4.64. The van der Waals surface area contributed by atoms with Crippen LogP contribution in [-0.2, 0) is 21.4 Å². The highest BCUT2D eigenvalue weighted by molar-refractivity contribution is 6.08. The Balaban J connectivity index is 1.36. The number of furan rings is 1. The fourth-order valence-electron chi connectivity index (χ4n) is 4.64. The molecule has 0 saturated carbocycles. The van der Waals surface area contributed by atoms with E-state index in [1.165, 1.54) is 12.1 Å². The second kappa shape index (κ2) is 8.16. The summed E-state index contributed by atoms with van der Waals surface area (Å²) in [5.74, 6) is -0.308. The SMILES string of the molecule is O=C(Cc1coc2ccc3ccccc3c12)NCC1(c2ccc(F)cc2)CCOCC1. The molecule has 4 aromatic rings. The number of carbonyl (C=O) groups is 1. The molecule has 0 spiro atoms. The minimum atomic E-state index is -0.256. The molecule has 1 aliphatic heterocycles. The van der Waals surface area contributed by atoms with Crippen LogP contribution in [0.15, 0.2) is 71.3 Å². The maximum absolute atomic E-state index is 13.4. The molecule has 0 unspecified atom stereocenters. The average Bonchev–Trinajstić information content (AvgIpc) is 3.22. The Labute approximate surface area is 180 Å². The van der Waals surface area contributed by atoms with Crippen molar-refractivity contribution >= 4 is 27.6 Å². The second-order valence-electron chi connectivity index (χ2n) is 8.27. The van der Waals surface area contributed by atoms with Crippen molar-refractivity contribution in [3.05, 3.63) is 83.9 Å². The third-order valence-corrected chi connectivity index (χ3v) is 6.42. The first-order chi connectivity index (χ1) is 15.1. The minimum Gasteiger partial charge on any atom is -0.464 e. The van der Waals surface area contributed by atoms with Crippen molar-refractivity contribution in [1.82, 2.24) is 5.32 Å². The Bertz CT molecular complexity index is 1220. The average molecular weight is 417 g/mol. The summed E-state index contributed by atoms with van der Waals surface area (Å²) in [5.41, 5.74) is 2.46. The highest BCUT2D eigenvalue weighted by Crippen LogP contribution is 2.35. The van der Waals surface area contributed by atoms with Gasteiger partial charge in [0, 0.05) is 36.1 Å². The summed E-state index contributed by atoms with van der Waals surface area (Å²) in [6, 6.07) is 18.7. The molecule has 3 aromatic carbocycles. The second-order valence-corrected chi connectivity index (χ2v) is 8.27. The number of carbonyl (C=O) groups excluding carboxylic acids is 1. The van der Waals surface area contributed by atoms with Crippen LogP contribution in [0.1, 0.15) is 24.0 Å². The molecule has 5 heteroatoms. The summed E-state index contributed by atoms with van der Waals surface area (Å²) in [5, 5.41) is 6.33. The monoisotopic (exact) mass is 417 g/mol. The first-order valence-electron chi connectivity index (χ1n) is 10.6. The molecule has 31 heavy (non-hydrogen) atoms. The number of fused-ring (bicyclic) bond motifs is 3. The van der Waals surface area contributed by atoms with E-state index in [-0.39, 0.29) is 23.6 Å². The molecule has 1 N–H and O–H groups in total. The van der Waals surface area contributed by atoms with Gasteiger partial charge >= 0.3 is 0 Å². The molecule has 1 fully saturated rings. The van der Waals surface area contributed by atoms with Gasteiger partial charge in [-0.15, -0.1) is 0 Å². The van der Waals surface area contributed by atoms with Crippen LogP contribution in [-0.4, -0.2) is 25.7 Å². The predicted octanol–water partition coefficient (Wildman–Crippen LogP) is 5.13. The van der Waals surface area contributed by atoms with Gasteiger partial charge in [-0.2, -0.15) is 0 Å². The van der Waals surface area contributed by atoms with Crippen molar-refractivity contribution in [2.45, 2.75) is 24.7 Å². The quantitative estimate of drug-likeness (QED) is 0.490. The van der Waals surface area contributed by atoms with Gasteiger partial charge in [-0.3, -0.25) is 4.79 Å². The molecule has 2 heterocycles.